The Morgan fingerprint density at radius 2 is 1.88 bits per heavy atom. The Balaban J connectivity index is 1.56. The van der Waals surface area contributed by atoms with Crippen LogP contribution in [0, 0.1) is 0 Å². The van der Waals surface area contributed by atoms with E-state index < -0.39 is 0 Å². The van der Waals surface area contributed by atoms with E-state index in [0.717, 1.165) is 6.42 Å². The molecule has 1 aromatic heterocycles. The summed E-state index contributed by atoms with van der Waals surface area (Å²) in [6.45, 7) is 2.90. The standard InChI is InChI=1S/C23H22BrN3O4S/c1-2-10-31-20-9-8-16(13-19(20)24)22(29)27-23(32)26-17-6-3-5-15(12-17)21(28)25-14-18-7-4-11-30-18/h3-9,11-13H,2,10,14H2,1H3,(H,25,28)(H2,26,27,29,32). The quantitative estimate of drug-likeness (QED) is 0.370. The number of carbonyl (C=O) groups is 2. The molecule has 0 aliphatic heterocycles. The van der Waals surface area contributed by atoms with Gasteiger partial charge in [0.15, 0.2) is 5.11 Å². The van der Waals surface area contributed by atoms with Crippen molar-refractivity contribution in [1.29, 1.82) is 0 Å². The molecule has 0 fully saturated rings. The van der Waals surface area contributed by atoms with Gasteiger partial charge in [-0.1, -0.05) is 13.0 Å². The predicted molar refractivity (Wildman–Crippen MR) is 130 cm³/mol. The van der Waals surface area contributed by atoms with E-state index in [4.69, 9.17) is 21.4 Å². The topological polar surface area (TPSA) is 92.6 Å². The van der Waals surface area contributed by atoms with E-state index in [0.29, 0.717) is 39.4 Å². The van der Waals surface area contributed by atoms with E-state index in [1.54, 1.807) is 60.9 Å². The van der Waals surface area contributed by atoms with Crippen LogP contribution in [0.1, 0.15) is 39.8 Å². The highest BCUT2D eigenvalue weighted by molar-refractivity contribution is 9.10. The van der Waals surface area contributed by atoms with Crippen molar-refractivity contribution < 1.29 is 18.7 Å². The molecule has 0 bridgehead atoms. The van der Waals surface area contributed by atoms with Crippen molar-refractivity contribution in [3.63, 3.8) is 0 Å². The van der Waals surface area contributed by atoms with Crippen molar-refractivity contribution in [2.24, 2.45) is 0 Å². The number of ether oxygens (including phenoxy) is 1. The van der Waals surface area contributed by atoms with Crippen LogP contribution in [0.4, 0.5) is 5.69 Å². The first-order chi connectivity index (χ1) is 15.5. The van der Waals surface area contributed by atoms with E-state index >= 15 is 0 Å². The molecule has 3 N–H and O–H groups in total. The van der Waals surface area contributed by atoms with Gasteiger partial charge in [0, 0.05) is 16.8 Å². The van der Waals surface area contributed by atoms with E-state index in [9.17, 15) is 9.59 Å². The Morgan fingerprint density at radius 1 is 1.06 bits per heavy atom. The summed E-state index contributed by atoms with van der Waals surface area (Å²) in [6.07, 6.45) is 2.44. The zero-order valence-corrected chi connectivity index (χ0v) is 19.7. The zero-order valence-electron chi connectivity index (χ0n) is 17.3. The number of hydrogen-bond donors (Lipinski definition) is 3. The number of furan rings is 1. The lowest BCUT2D eigenvalue weighted by Crippen LogP contribution is -2.34. The summed E-state index contributed by atoms with van der Waals surface area (Å²) >= 11 is 8.67. The first kappa shape index (κ1) is 23.5. The highest BCUT2D eigenvalue weighted by Gasteiger charge is 2.12. The Kier molecular flexibility index (Phi) is 8.41. The summed E-state index contributed by atoms with van der Waals surface area (Å²) in [5, 5.41) is 8.46. The van der Waals surface area contributed by atoms with Gasteiger partial charge in [0.2, 0.25) is 0 Å². The molecule has 166 valence electrons. The molecular weight excluding hydrogens is 494 g/mol. The molecule has 0 atom stereocenters. The highest BCUT2D eigenvalue weighted by atomic mass is 79.9. The van der Waals surface area contributed by atoms with Gasteiger partial charge in [-0.05, 0) is 83.1 Å². The Labute approximate surface area is 199 Å². The minimum Gasteiger partial charge on any atom is -0.492 e. The second kappa shape index (κ2) is 11.4. The van der Waals surface area contributed by atoms with Crippen molar-refractivity contribution in [3.05, 3.63) is 82.2 Å². The third-order valence-electron chi connectivity index (χ3n) is 4.27. The SMILES string of the molecule is CCCOc1ccc(C(=O)NC(=S)Nc2cccc(C(=O)NCc3ccco3)c2)cc1Br. The fourth-order valence-electron chi connectivity index (χ4n) is 2.73. The minimum atomic E-state index is -0.363. The molecule has 0 saturated carbocycles. The summed E-state index contributed by atoms with van der Waals surface area (Å²) in [5.74, 6) is 0.715. The van der Waals surface area contributed by atoms with Crippen molar-refractivity contribution in [3.8, 4) is 5.75 Å². The average molecular weight is 516 g/mol. The van der Waals surface area contributed by atoms with Crippen LogP contribution in [0.5, 0.6) is 5.75 Å². The predicted octanol–water partition coefficient (Wildman–Crippen LogP) is 4.89. The molecule has 0 aliphatic carbocycles. The van der Waals surface area contributed by atoms with Crippen LogP contribution in [0.25, 0.3) is 0 Å². The molecule has 0 saturated heterocycles. The monoisotopic (exact) mass is 515 g/mol. The third kappa shape index (κ3) is 6.66. The Bertz CT molecular complexity index is 1100. The molecule has 2 aromatic carbocycles. The van der Waals surface area contributed by atoms with Gasteiger partial charge in [-0.15, -0.1) is 0 Å². The van der Waals surface area contributed by atoms with Gasteiger partial charge >= 0.3 is 0 Å². The van der Waals surface area contributed by atoms with Crippen molar-refractivity contribution in [2.75, 3.05) is 11.9 Å². The van der Waals surface area contributed by atoms with Crippen LogP contribution >= 0.6 is 28.1 Å². The molecule has 3 aromatic rings. The molecule has 0 aliphatic rings. The molecule has 32 heavy (non-hydrogen) atoms. The summed E-state index contributed by atoms with van der Waals surface area (Å²) in [5.41, 5.74) is 1.45. The summed E-state index contributed by atoms with van der Waals surface area (Å²) in [7, 11) is 0. The van der Waals surface area contributed by atoms with E-state index in [2.05, 4.69) is 31.9 Å². The number of carbonyl (C=O) groups excluding carboxylic acids is 2. The average Bonchev–Trinajstić information content (AvgIpc) is 3.30. The molecule has 7 nitrogen and oxygen atoms in total. The third-order valence-corrected chi connectivity index (χ3v) is 5.09. The maximum atomic E-state index is 12.5. The van der Waals surface area contributed by atoms with Gasteiger partial charge in [0.05, 0.1) is 23.9 Å². The smallest absolute Gasteiger partial charge is 0.257 e. The molecule has 3 rings (SSSR count). The van der Waals surface area contributed by atoms with Crippen LogP contribution in [-0.2, 0) is 6.54 Å². The van der Waals surface area contributed by atoms with Crippen LogP contribution in [0.2, 0.25) is 0 Å². The normalized spacial score (nSPS) is 10.3. The highest BCUT2D eigenvalue weighted by Crippen LogP contribution is 2.26. The summed E-state index contributed by atoms with van der Waals surface area (Å²) in [4.78, 5) is 24.9. The number of rotatable bonds is 8. The maximum absolute atomic E-state index is 12.5. The van der Waals surface area contributed by atoms with Gasteiger partial charge < -0.3 is 19.8 Å². The number of anilines is 1. The lowest BCUT2D eigenvalue weighted by atomic mass is 10.2. The van der Waals surface area contributed by atoms with E-state index in [1.807, 2.05) is 6.92 Å². The van der Waals surface area contributed by atoms with E-state index in [-0.39, 0.29) is 23.5 Å². The minimum absolute atomic E-state index is 0.116. The van der Waals surface area contributed by atoms with Crippen molar-refractivity contribution in [1.82, 2.24) is 10.6 Å². The van der Waals surface area contributed by atoms with Gasteiger partial charge in [-0.3, -0.25) is 14.9 Å². The second-order valence-electron chi connectivity index (χ2n) is 6.74. The van der Waals surface area contributed by atoms with Gasteiger partial charge in [-0.2, -0.15) is 0 Å². The van der Waals surface area contributed by atoms with Crippen LogP contribution in [-0.4, -0.2) is 23.5 Å². The number of benzene rings is 2. The first-order valence-electron chi connectivity index (χ1n) is 9.91. The molecule has 2 amide bonds. The maximum Gasteiger partial charge on any atom is 0.257 e. The molecule has 9 heteroatoms. The van der Waals surface area contributed by atoms with Crippen LogP contribution in [0.15, 0.2) is 69.8 Å². The fourth-order valence-corrected chi connectivity index (χ4v) is 3.43. The number of hydrogen-bond acceptors (Lipinski definition) is 5. The molecule has 0 spiro atoms. The van der Waals surface area contributed by atoms with E-state index in [1.165, 1.54) is 0 Å². The molecule has 1 heterocycles. The van der Waals surface area contributed by atoms with Crippen LogP contribution in [0.3, 0.4) is 0 Å². The summed E-state index contributed by atoms with van der Waals surface area (Å²) in [6, 6.07) is 15.4. The zero-order chi connectivity index (χ0) is 22.9. The van der Waals surface area contributed by atoms with Gasteiger partial charge in [-0.25, -0.2) is 0 Å². The molecule has 0 radical (unpaired) electrons. The first-order valence-corrected chi connectivity index (χ1v) is 11.1. The Hall–Kier alpha value is -3.17. The van der Waals surface area contributed by atoms with Crippen molar-refractivity contribution in [2.45, 2.75) is 19.9 Å². The second-order valence-corrected chi connectivity index (χ2v) is 8.01. The lowest BCUT2D eigenvalue weighted by Gasteiger charge is -2.12. The van der Waals surface area contributed by atoms with Gasteiger partial charge in [0.1, 0.15) is 11.5 Å². The fraction of sp³-hybridized carbons (Fsp3) is 0.174. The Morgan fingerprint density at radius 3 is 2.59 bits per heavy atom. The van der Waals surface area contributed by atoms with Crippen LogP contribution < -0.4 is 20.7 Å². The largest absolute Gasteiger partial charge is 0.492 e. The molecular formula is C23H22BrN3O4S. The molecule has 0 unspecified atom stereocenters. The van der Waals surface area contributed by atoms with Gasteiger partial charge in [0.25, 0.3) is 11.8 Å². The number of amides is 2. The summed E-state index contributed by atoms with van der Waals surface area (Å²) < 4.78 is 11.5. The lowest BCUT2D eigenvalue weighted by molar-refractivity contribution is 0.0946. The van der Waals surface area contributed by atoms with Crippen molar-refractivity contribution >= 4 is 50.8 Å². The number of halogens is 1. The number of thiocarbonyl (C=S) groups is 1. The number of nitrogens with one attached hydrogen (secondary N) is 3.